The van der Waals surface area contributed by atoms with E-state index in [9.17, 15) is 4.79 Å². The van der Waals surface area contributed by atoms with Gasteiger partial charge in [0.15, 0.2) is 28.6 Å². The van der Waals surface area contributed by atoms with Gasteiger partial charge in [-0.3, -0.25) is 4.79 Å². The Kier molecular flexibility index (Phi) is 4.78. The van der Waals surface area contributed by atoms with Crippen LogP contribution in [0.4, 0.5) is 5.82 Å². The molecule has 0 saturated carbocycles. The van der Waals surface area contributed by atoms with Gasteiger partial charge in [-0.2, -0.15) is 0 Å². The van der Waals surface area contributed by atoms with E-state index in [1.54, 1.807) is 0 Å². The fraction of sp³-hybridized carbons (Fsp3) is 0.148. The maximum Gasteiger partial charge on any atom is 0.257 e. The van der Waals surface area contributed by atoms with Crippen molar-refractivity contribution >= 4 is 33.9 Å². The summed E-state index contributed by atoms with van der Waals surface area (Å²) in [4.78, 5) is 23.1. The van der Waals surface area contributed by atoms with E-state index in [0.717, 1.165) is 11.1 Å². The Morgan fingerprint density at radius 1 is 0.838 bits per heavy atom. The third-order valence-electron chi connectivity index (χ3n) is 6.49. The Balaban J connectivity index is 1.27. The summed E-state index contributed by atoms with van der Waals surface area (Å²) in [5.41, 5.74) is 11.1. The maximum absolute atomic E-state index is 13.5. The average Bonchev–Trinajstić information content (AvgIpc) is 3.64. The first kappa shape index (κ1) is 21.3. The van der Waals surface area contributed by atoms with E-state index in [-0.39, 0.29) is 37.4 Å². The summed E-state index contributed by atoms with van der Waals surface area (Å²) in [6.07, 6.45) is 0. The lowest BCUT2D eigenvalue weighted by molar-refractivity contribution is 0.0953. The van der Waals surface area contributed by atoms with Crippen molar-refractivity contribution in [3.63, 3.8) is 0 Å². The third-order valence-corrected chi connectivity index (χ3v) is 6.49. The number of nitrogen functional groups attached to an aromatic ring is 1. The lowest BCUT2D eigenvalue weighted by Gasteiger charge is -2.09. The topological polar surface area (TPSA) is 123 Å². The van der Waals surface area contributed by atoms with Crippen molar-refractivity contribution < 1.29 is 23.7 Å². The van der Waals surface area contributed by atoms with E-state index in [1.807, 2.05) is 65.2 Å². The normalized spacial score (nSPS) is 13.4. The van der Waals surface area contributed by atoms with Gasteiger partial charge in [-0.25, -0.2) is 9.97 Å². The highest BCUT2D eigenvalue weighted by atomic mass is 16.7. The molecule has 7 rings (SSSR count). The first-order valence-electron chi connectivity index (χ1n) is 11.7. The van der Waals surface area contributed by atoms with Gasteiger partial charge in [0.2, 0.25) is 13.6 Å². The minimum Gasteiger partial charge on any atom is -0.454 e. The van der Waals surface area contributed by atoms with Crippen molar-refractivity contribution in [3.8, 4) is 23.0 Å². The molecule has 0 unspecified atom stereocenters. The SMILES string of the molecule is Nc1c(C(=O)NCc2ccc3c(c2)OCO3)c2nc3ccccc3nc2n1Cc1ccc2c(c1)OCO2. The number of nitrogens with one attached hydrogen (secondary N) is 1. The minimum absolute atomic E-state index is 0.192. The highest BCUT2D eigenvalue weighted by molar-refractivity contribution is 6.10. The molecule has 4 heterocycles. The predicted molar refractivity (Wildman–Crippen MR) is 135 cm³/mol. The molecular formula is C27H21N5O5. The summed E-state index contributed by atoms with van der Waals surface area (Å²) in [5, 5.41) is 2.97. The molecule has 0 fully saturated rings. The second-order valence-electron chi connectivity index (χ2n) is 8.79. The molecular weight excluding hydrogens is 474 g/mol. The molecule has 0 saturated heterocycles. The van der Waals surface area contributed by atoms with Crippen molar-refractivity contribution in [2.45, 2.75) is 13.1 Å². The molecule has 2 aromatic heterocycles. The Morgan fingerprint density at radius 3 is 2.19 bits per heavy atom. The van der Waals surface area contributed by atoms with E-state index >= 15 is 0 Å². The second kappa shape index (κ2) is 8.30. The zero-order chi connectivity index (χ0) is 24.9. The molecule has 3 N–H and O–H groups in total. The highest BCUT2D eigenvalue weighted by Crippen LogP contribution is 2.35. The molecule has 184 valence electrons. The van der Waals surface area contributed by atoms with Crippen LogP contribution in [0.5, 0.6) is 23.0 Å². The molecule has 0 aliphatic carbocycles. The number of hydrogen-bond acceptors (Lipinski definition) is 8. The number of aromatic nitrogens is 3. The lowest BCUT2D eigenvalue weighted by Crippen LogP contribution is -2.24. The largest absolute Gasteiger partial charge is 0.454 e. The molecule has 0 spiro atoms. The molecule has 2 aliphatic rings. The zero-order valence-corrected chi connectivity index (χ0v) is 19.6. The number of amides is 1. The first-order valence-corrected chi connectivity index (χ1v) is 11.7. The van der Waals surface area contributed by atoms with Gasteiger partial charge in [0.1, 0.15) is 16.9 Å². The summed E-state index contributed by atoms with van der Waals surface area (Å²) < 4.78 is 23.6. The monoisotopic (exact) mass is 495 g/mol. The Labute approximate surface area is 210 Å². The molecule has 2 aliphatic heterocycles. The molecule has 5 aromatic rings. The number of anilines is 1. The van der Waals surface area contributed by atoms with Gasteiger partial charge in [-0.05, 0) is 47.5 Å². The van der Waals surface area contributed by atoms with Crippen molar-refractivity contribution in [1.29, 1.82) is 0 Å². The molecule has 37 heavy (non-hydrogen) atoms. The van der Waals surface area contributed by atoms with E-state index in [4.69, 9.17) is 34.6 Å². The van der Waals surface area contributed by atoms with Gasteiger partial charge in [0.25, 0.3) is 5.91 Å². The number of nitrogens with zero attached hydrogens (tertiary/aromatic N) is 3. The van der Waals surface area contributed by atoms with Crippen LogP contribution in [0.2, 0.25) is 0 Å². The number of carbonyl (C=O) groups excluding carboxylic acids is 1. The quantitative estimate of drug-likeness (QED) is 0.379. The number of carbonyl (C=O) groups is 1. The van der Waals surface area contributed by atoms with Crippen molar-refractivity contribution in [1.82, 2.24) is 19.9 Å². The van der Waals surface area contributed by atoms with E-state index in [1.165, 1.54) is 0 Å². The van der Waals surface area contributed by atoms with E-state index in [0.29, 0.717) is 51.7 Å². The number of nitrogens with two attached hydrogens (primary N) is 1. The third kappa shape index (κ3) is 3.61. The van der Waals surface area contributed by atoms with Gasteiger partial charge < -0.3 is 34.6 Å². The molecule has 0 radical (unpaired) electrons. The fourth-order valence-corrected chi connectivity index (χ4v) is 4.64. The fourth-order valence-electron chi connectivity index (χ4n) is 4.64. The van der Waals surface area contributed by atoms with Gasteiger partial charge in [0.05, 0.1) is 17.6 Å². The number of para-hydroxylation sites is 2. The molecule has 10 nitrogen and oxygen atoms in total. The highest BCUT2D eigenvalue weighted by Gasteiger charge is 2.25. The molecule has 1 amide bonds. The van der Waals surface area contributed by atoms with Crippen molar-refractivity contribution in [2.24, 2.45) is 0 Å². The summed E-state index contributed by atoms with van der Waals surface area (Å²) in [6, 6.07) is 18.8. The zero-order valence-electron chi connectivity index (χ0n) is 19.6. The van der Waals surface area contributed by atoms with Crippen LogP contribution in [0, 0.1) is 0 Å². The molecule has 0 bridgehead atoms. The Morgan fingerprint density at radius 2 is 1.46 bits per heavy atom. The maximum atomic E-state index is 13.5. The van der Waals surface area contributed by atoms with Crippen LogP contribution in [-0.4, -0.2) is 34.0 Å². The van der Waals surface area contributed by atoms with Crippen LogP contribution in [-0.2, 0) is 13.1 Å². The van der Waals surface area contributed by atoms with Crippen molar-refractivity contribution in [3.05, 3.63) is 77.4 Å². The smallest absolute Gasteiger partial charge is 0.257 e. The number of fused-ring (bicyclic) bond motifs is 4. The van der Waals surface area contributed by atoms with Gasteiger partial charge in [0, 0.05) is 6.54 Å². The standard InChI is InChI=1S/C27H21N5O5/c28-25-23(27(33)29-11-15-5-7-19-21(9-15)36-13-34-19)24-26(31-18-4-2-1-3-17(18)30-24)32(25)12-16-6-8-20-22(10-16)37-14-35-20/h1-10H,11-14,28H2,(H,29,33). The summed E-state index contributed by atoms with van der Waals surface area (Å²) in [5.74, 6) is 2.66. The van der Waals surface area contributed by atoms with Gasteiger partial charge in [-0.1, -0.05) is 24.3 Å². The average molecular weight is 495 g/mol. The predicted octanol–water partition coefficient (Wildman–Crippen LogP) is 3.60. The number of ether oxygens (including phenoxy) is 4. The van der Waals surface area contributed by atoms with Crippen molar-refractivity contribution in [2.75, 3.05) is 19.3 Å². The van der Waals surface area contributed by atoms with Gasteiger partial charge >= 0.3 is 0 Å². The first-order chi connectivity index (χ1) is 18.1. The van der Waals surface area contributed by atoms with Crippen LogP contribution >= 0.6 is 0 Å². The van der Waals surface area contributed by atoms with Crippen LogP contribution < -0.4 is 30.0 Å². The van der Waals surface area contributed by atoms with E-state index < -0.39 is 0 Å². The summed E-state index contributed by atoms with van der Waals surface area (Å²) >= 11 is 0. The second-order valence-corrected chi connectivity index (χ2v) is 8.79. The molecule has 3 aromatic carbocycles. The van der Waals surface area contributed by atoms with Crippen LogP contribution in [0.25, 0.3) is 22.2 Å². The van der Waals surface area contributed by atoms with E-state index in [2.05, 4.69) is 5.32 Å². The number of rotatable bonds is 5. The lowest BCUT2D eigenvalue weighted by atomic mass is 10.2. The Hall–Kier alpha value is -4.99. The minimum atomic E-state index is -0.339. The number of benzene rings is 3. The van der Waals surface area contributed by atoms with Crippen LogP contribution in [0.15, 0.2) is 60.7 Å². The number of hydrogen-bond donors (Lipinski definition) is 2. The molecule has 10 heteroatoms. The summed E-state index contributed by atoms with van der Waals surface area (Å²) in [7, 11) is 0. The Bertz CT molecular complexity index is 1710. The summed E-state index contributed by atoms with van der Waals surface area (Å²) in [6.45, 7) is 1.04. The van der Waals surface area contributed by atoms with Crippen LogP contribution in [0.3, 0.4) is 0 Å². The van der Waals surface area contributed by atoms with Gasteiger partial charge in [-0.15, -0.1) is 0 Å². The van der Waals surface area contributed by atoms with Crippen LogP contribution in [0.1, 0.15) is 21.5 Å². The molecule has 0 atom stereocenters.